The highest BCUT2D eigenvalue weighted by Gasteiger charge is 2.19. The van der Waals surface area contributed by atoms with Crippen LogP contribution < -0.4 is 11.1 Å². The Hall–Kier alpha value is -1.87. The number of hydrogen-bond acceptors (Lipinski definition) is 2. The molecule has 0 atom stereocenters. The van der Waals surface area contributed by atoms with Crippen molar-refractivity contribution in [2.75, 3.05) is 6.54 Å². The Balaban J connectivity index is 1.61. The quantitative estimate of drug-likeness (QED) is 0.909. The number of carbonyl (C=O) groups excluding carboxylic acids is 1. The van der Waals surface area contributed by atoms with Gasteiger partial charge in [0.1, 0.15) is 0 Å². The van der Waals surface area contributed by atoms with E-state index in [2.05, 4.69) is 11.4 Å². The van der Waals surface area contributed by atoms with Crippen molar-refractivity contribution in [3.8, 4) is 0 Å². The smallest absolute Gasteiger partial charge is 0.251 e. The lowest BCUT2D eigenvalue weighted by Gasteiger charge is -2.26. The molecule has 0 unspecified atom stereocenters. The van der Waals surface area contributed by atoms with Gasteiger partial charge in [0.25, 0.3) is 5.91 Å². The number of benzene rings is 2. The van der Waals surface area contributed by atoms with Crippen molar-refractivity contribution in [2.24, 2.45) is 11.7 Å². The van der Waals surface area contributed by atoms with E-state index in [1.54, 1.807) is 0 Å². The molecule has 0 spiro atoms. The van der Waals surface area contributed by atoms with Crippen LogP contribution in [0.5, 0.6) is 0 Å². The van der Waals surface area contributed by atoms with Crippen molar-refractivity contribution in [2.45, 2.75) is 31.7 Å². The summed E-state index contributed by atoms with van der Waals surface area (Å²) in [4.78, 5) is 12.3. The normalized spacial score (nSPS) is 22.1. The maximum absolute atomic E-state index is 12.3. The first-order valence-corrected chi connectivity index (χ1v) is 7.75. The molecule has 21 heavy (non-hydrogen) atoms. The van der Waals surface area contributed by atoms with Gasteiger partial charge in [-0.15, -0.1) is 0 Å². The Morgan fingerprint density at radius 2 is 1.76 bits per heavy atom. The SMILES string of the molecule is NC1CCC(CNC(=O)c2ccc3ccccc3c2)CC1. The van der Waals surface area contributed by atoms with Crippen LogP contribution in [0.15, 0.2) is 42.5 Å². The number of hydrogen-bond donors (Lipinski definition) is 2. The van der Waals surface area contributed by atoms with Gasteiger partial charge in [-0.05, 0) is 54.5 Å². The molecule has 3 N–H and O–H groups in total. The van der Waals surface area contributed by atoms with Crippen LogP contribution in [0, 0.1) is 5.92 Å². The average molecular weight is 282 g/mol. The monoisotopic (exact) mass is 282 g/mol. The summed E-state index contributed by atoms with van der Waals surface area (Å²) in [6.45, 7) is 0.762. The van der Waals surface area contributed by atoms with E-state index < -0.39 is 0 Å². The van der Waals surface area contributed by atoms with Crippen LogP contribution in [0.25, 0.3) is 10.8 Å². The molecule has 0 bridgehead atoms. The molecule has 0 saturated heterocycles. The van der Waals surface area contributed by atoms with E-state index in [1.807, 2.05) is 36.4 Å². The summed E-state index contributed by atoms with van der Waals surface area (Å²) in [5.41, 5.74) is 6.65. The molecule has 1 fully saturated rings. The molecule has 3 rings (SSSR count). The molecule has 0 aromatic heterocycles. The highest BCUT2D eigenvalue weighted by Crippen LogP contribution is 2.22. The van der Waals surface area contributed by atoms with E-state index in [4.69, 9.17) is 5.73 Å². The summed E-state index contributed by atoms with van der Waals surface area (Å²) in [5.74, 6) is 0.602. The van der Waals surface area contributed by atoms with E-state index in [1.165, 1.54) is 0 Å². The number of rotatable bonds is 3. The van der Waals surface area contributed by atoms with Crippen LogP contribution in [0.3, 0.4) is 0 Å². The van der Waals surface area contributed by atoms with Gasteiger partial charge in [-0.3, -0.25) is 4.79 Å². The molecular weight excluding hydrogens is 260 g/mol. The second kappa shape index (κ2) is 6.27. The standard InChI is InChI=1S/C18H22N2O/c19-17-9-5-13(6-10-17)12-20-18(21)16-8-7-14-3-1-2-4-15(14)11-16/h1-4,7-8,11,13,17H,5-6,9-10,12,19H2,(H,20,21). The molecule has 0 aliphatic heterocycles. The maximum atomic E-state index is 12.3. The molecule has 3 heteroatoms. The molecule has 2 aromatic carbocycles. The molecule has 110 valence electrons. The zero-order valence-electron chi connectivity index (χ0n) is 12.2. The van der Waals surface area contributed by atoms with Gasteiger partial charge in [-0.2, -0.15) is 0 Å². The fourth-order valence-corrected chi connectivity index (χ4v) is 3.06. The Labute approximate surface area is 125 Å². The summed E-state index contributed by atoms with van der Waals surface area (Å²) in [7, 11) is 0. The molecule has 1 amide bonds. The molecule has 2 aromatic rings. The van der Waals surface area contributed by atoms with E-state index in [0.717, 1.165) is 48.6 Å². The van der Waals surface area contributed by atoms with Crippen LogP contribution in [0.2, 0.25) is 0 Å². The zero-order valence-corrected chi connectivity index (χ0v) is 12.2. The fraction of sp³-hybridized carbons (Fsp3) is 0.389. The Morgan fingerprint density at radius 3 is 2.52 bits per heavy atom. The molecule has 1 saturated carbocycles. The summed E-state index contributed by atoms with van der Waals surface area (Å²) >= 11 is 0. The lowest BCUT2D eigenvalue weighted by Crippen LogP contribution is -2.34. The van der Waals surface area contributed by atoms with Gasteiger partial charge in [0.2, 0.25) is 0 Å². The minimum Gasteiger partial charge on any atom is -0.352 e. The summed E-state index contributed by atoms with van der Waals surface area (Å²) < 4.78 is 0. The van der Waals surface area contributed by atoms with Crippen molar-refractivity contribution < 1.29 is 4.79 Å². The third-order valence-corrected chi connectivity index (χ3v) is 4.45. The van der Waals surface area contributed by atoms with Crippen molar-refractivity contribution in [1.82, 2.24) is 5.32 Å². The molecule has 0 radical (unpaired) electrons. The number of nitrogens with two attached hydrogens (primary N) is 1. The topological polar surface area (TPSA) is 55.1 Å². The van der Waals surface area contributed by atoms with Crippen LogP contribution in [0.4, 0.5) is 0 Å². The molecular formula is C18H22N2O. The van der Waals surface area contributed by atoms with Crippen molar-refractivity contribution in [3.63, 3.8) is 0 Å². The van der Waals surface area contributed by atoms with E-state index in [9.17, 15) is 4.79 Å². The van der Waals surface area contributed by atoms with Crippen molar-refractivity contribution >= 4 is 16.7 Å². The average Bonchev–Trinajstić information content (AvgIpc) is 2.53. The first kappa shape index (κ1) is 14.1. The predicted octanol–water partition coefficient (Wildman–Crippen LogP) is 3.09. The van der Waals surface area contributed by atoms with E-state index in [0.29, 0.717) is 12.0 Å². The molecule has 0 heterocycles. The van der Waals surface area contributed by atoms with E-state index >= 15 is 0 Å². The van der Waals surface area contributed by atoms with Crippen LogP contribution in [-0.4, -0.2) is 18.5 Å². The maximum Gasteiger partial charge on any atom is 0.251 e. The third kappa shape index (κ3) is 3.42. The van der Waals surface area contributed by atoms with Crippen molar-refractivity contribution in [1.29, 1.82) is 0 Å². The first-order chi connectivity index (χ1) is 10.2. The summed E-state index contributed by atoms with van der Waals surface area (Å²) in [5, 5.41) is 5.34. The lowest BCUT2D eigenvalue weighted by atomic mass is 9.86. The van der Waals surface area contributed by atoms with Gasteiger partial charge in [-0.25, -0.2) is 0 Å². The predicted molar refractivity (Wildman–Crippen MR) is 86.2 cm³/mol. The minimum atomic E-state index is 0.0237. The molecule has 1 aliphatic rings. The fourth-order valence-electron chi connectivity index (χ4n) is 3.06. The highest BCUT2D eigenvalue weighted by atomic mass is 16.1. The second-order valence-electron chi connectivity index (χ2n) is 6.05. The largest absolute Gasteiger partial charge is 0.352 e. The highest BCUT2D eigenvalue weighted by molar-refractivity contribution is 5.98. The van der Waals surface area contributed by atoms with Gasteiger partial charge in [-0.1, -0.05) is 30.3 Å². The van der Waals surface area contributed by atoms with Gasteiger partial charge in [0.15, 0.2) is 0 Å². The second-order valence-corrected chi connectivity index (χ2v) is 6.05. The van der Waals surface area contributed by atoms with E-state index in [-0.39, 0.29) is 5.91 Å². The number of amides is 1. The number of carbonyl (C=O) groups is 1. The number of fused-ring (bicyclic) bond motifs is 1. The Bertz CT molecular complexity index is 630. The van der Waals surface area contributed by atoms with Crippen LogP contribution in [-0.2, 0) is 0 Å². The van der Waals surface area contributed by atoms with Gasteiger partial charge < -0.3 is 11.1 Å². The van der Waals surface area contributed by atoms with Gasteiger partial charge in [0.05, 0.1) is 0 Å². The lowest BCUT2D eigenvalue weighted by molar-refractivity contribution is 0.0943. The summed E-state index contributed by atoms with van der Waals surface area (Å²) in [6.07, 6.45) is 4.41. The third-order valence-electron chi connectivity index (χ3n) is 4.45. The van der Waals surface area contributed by atoms with Crippen molar-refractivity contribution in [3.05, 3.63) is 48.0 Å². The number of nitrogens with one attached hydrogen (secondary N) is 1. The first-order valence-electron chi connectivity index (χ1n) is 7.75. The molecule has 3 nitrogen and oxygen atoms in total. The summed E-state index contributed by atoms with van der Waals surface area (Å²) in [6, 6.07) is 14.3. The Morgan fingerprint density at radius 1 is 1.05 bits per heavy atom. The molecule has 1 aliphatic carbocycles. The minimum absolute atomic E-state index is 0.0237. The van der Waals surface area contributed by atoms with Crippen LogP contribution >= 0.6 is 0 Å². The van der Waals surface area contributed by atoms with Crippen LogP contribution in [0.1, 0.15) is 36.0 Å². The van der Waals surface area contributed by atoms with Gasteiger partial charge >= 0.3 is 0 Å². The zero-order chi connectivity index (χ0) is 14.7. The Kier molecular flexibility index (Phi) is 4.20. The van der Waals surface area contributed by atoms with Gasteiger partial charge in [0, 0.05) is 18.2 Å².